The summed E-state index contributed by atoms with van der Waals surface area (Å²) in [6.45, 7) is 4.45. The fourth-order valence-corrected chi connectivity index (χ4v) is 3.87. The number of rotatable bonds is 2. The van der Waals surface area contributed by atoms with Crippen LogP contribution in [0.25, 0.3) is 0 Å². The molecule has 1 aromatic carbocycles. The Hall–Kier alpha value is -0.730. The number of hydrogen-bond donors (Lipinski definition) is 0. The van der Waals surface area contributed by atoms with E-state index in [4.69, 9.17) is 11.6 Å². The van der Waals surface area contributed by atoms with Crippen LogP contribution in [-0.4, -0.2) is 37.1 Å². The molecule has 2 unspecified atom stereocenters. The van der Waals surface area contributed by atoms with E-state index >= 15 is 0 Å². The van der Waals surface area contributed by atoms with Crippen molar-refractivity contribution in [2.24, 2.45) is 0 Å². The Morgan fingerprint density at radius 1 is 1.21 bits per heavy atom. The molecule has 1 aromatic rings. The lowest BCUT2D eigenvalue weighted by atomic mass is 10.1. The van der Waals surface area contributed by atoms with Gasteiger partial charge in [0.1, 0.15) is 0 Å². The van der Waals surface area contributed by atoms with Gasteiger partial charge in [0.15, 0.2) is 0 Å². The van der Waals surface area contributed by atoms with Gasteiger partial charge in [0.25, 0.3) is 0 Å². The van der Waals surface area contributed by atoms with E-state index in [0.717, 1.165) is 18.6 Å². The van der Waals surface area contributed by atoms with Gasteiger partial charge in [-0.2, -0.15) is 0 Å². The fraction of sp³-hybridized carbons (Fsp3) is 0.625. The van der Waals surface area contributed by atoms with E-state index in [-0.39, 0.29) is 0 Å². The molecule has 2 aliphatic rings. The van der Waals surface area contributed by atoms with Crippen molar-refractivity contribution in [2.45, 2.75) is 44.1 Å². The first kappa shape index (κ1) is 13.3. The van der Waals surface area contributed by atoms with Crippen molar-refractivity contribution in [1.82, 2.24) is 4.90 Å². The maximum absolute atomic E-state index is 6.13. The molecule has 2 nitrogen and oxygen atoms in total. The van der Waals surface area contributed by atoms with Crippen LogP contribution in [-0.2, 0) is 5.88 Å². The van der Waals surface area contributed by atoms with Crippen LogP contribution >= 0.6 is 11.6 Å². The van der Waals surface area contributed by atoms with E-state index in [9.17, 15) is 0 Å². The van der Waals surface area contributed by atoms with Crippen molar-refractivity contribution in [3.63, 3.8) is 0 Å². The van der Waals surface area contributed by atoms with E-state index in [0.29, 0.717) is 5.88 Å². The first-order valence-electron chi connectivity index (χ1n) is 7.31. The zero-order valence-corrected chi connectivity index (χ0v) is 12.7. The van der Waals surface area contributed by atoms with Crippen molar-refractivity contribution in [2.75, 3.05) is 25.0 Å². The summed E-state index contributed by atoms with van der Waals surface area (Å²) in [5, 5.41) is 0. The predicted molar refractivity (Wildman–Crippen MR) is 82.1 cm³/mol. The highest BCUT2D eigenvalue weighted by atomic mass is 35.5. The number of aryl methyl sites for hydroxylation is 1. The molecule has 0 saturated carbocycles. The molecule has 3 rings (SSSR count). The molecule has 2 fully saturated rings. The van der Waals surface area contributed by atoms with Crippen LogP contribution < -0.4 is 4.90 Å². The van der Waals surface area contributed by atoms with Gasteiger partial charge in [-0.3, -0.25) is 4.90 Å². The lowest BCUT2D eigenvalue weighted by Gasteiger charge is -2.29. The number of fused-ring (bicyclic) bond motifs is 2. The van der Waals surface area contributed by atoms with Gasteiger partial charge in [-0.05, 0) is 44.9 Å². The Morgan fingerprint density at radius 3 is 2.79 bits per heavy atom. The Labute approximate surface area is 121 Å². The number of halogens is 1. The Balaban J connectivity index is 1.86. The van der Waals surface area contributed by atoms with Gasteiger partial charge in [0.05, 0.1) is 0 Å². The normalized spacial score (nSPS) is 27.6. The smallest absolute Gasteiger partial charge is 0.0494 e. The highest BCUT2D eigenvalue weighted by Crippen LogP contribution is 2.32. The van der Waals surface area contributed by atoms with Crippen LogP contribution in [0.1, 0.15) is 30.4 Å². The van der Waals surface area contributed by atoms with Crippen molar-refractivity contribution in [1.29, 1.82) is 0 Å². The molecule has 0 amide bonds. The number of likely N-dealkylation sites (N-methyl/N-ethyl adjacent to an activating group) is 1. The second-order valence-electron chi connectivity index (χ2n) is 6.05. The minimum absolute atomic E-state index is 0.609. The topological polar surface area (TPSA) is 6.48 Å². The molecule has 2 saturated heterocycles. The van der Waals surface area contributed by atoms with E-state index < -0.39 is 0 Å². The summed E-state index contributed by atoms with van der Waals surface area (Å²) in [4.78, 5) is 5.14. The molecule has 2 bridgehead atoms. The molecule has 0 aliphatic carbocycles. The monoisotopic (exact) mass is 278 g/mol. The maximum Gasteiger partial charge on any atom is 0.0494 e. The first-order valence-corrected chi connectivity index (χ1v) is 7.85. The van der Waals surface area contributed by atoms with E-state index in [1.165, 1.54) is 42.6 Å². The molecule has 0 aromatic heterocycles. The maximum atomic E-state index is 6.13. The van der Waals surface area contributed by atoms with Crippen LogP contribution in [0, 0.1) is 6.92 Å². The van der Waals surface area contributed by atoms with Crippen molar-refractivity contribution in [3.05, 3.63) is 29.3 Å². The molecule has 0 spiro atoms. The molecular formula is C16H23ClN2. The molecular weight excluding hydrogens is 256 g/mol. The zero-order chi connectivity index (χ0) is 13.4. The highest BCUT2D eigenvalue weighted by molar-refractivity contribution is 6.17. The summed E-state index contributed by atoms with van der Waals surface area (Å²) < 4.78 is 0. The van der Waals surface area contributed by atoms with E-state index in [2.05, 4.69) is 42.0 Å². The second-order valence-corrected chi connectivity index (χ2v) is 6.32. The standard InChI is InChI=1S/C16H23ClN2/c1-12-3-6-16(13(9-12)10-17)19-8-7-14-4-5-15(11-19)18(14)2/h3,6,9,14-15H,4-5,7-8,10-11H2,1-2H3. The third-order valence-corrected chi connectivity index (χ3v) is 5.16. The van der Waals surface area contributed by atoms with Gasteiger partial charge < -0.3 is 4.90 Å². The molecule has 2 aliphatic heterocycles. The van der Waals surface area contributed by atoms with Gasteiger partial charge in [0.2, 0.25) is 0 Å². The lowest BCUT2D eigenvalue weighted by Crippen LogP contribution is -2.36. The predicted octanol–water partition coefficient (Wildman–Crippen LogP) is 3.41. The summed E-state index contributed by atoms with van der Waals surface area (Å²) in [6.07, 6.45) is 4.01. The SMILES string of the molecule is Cc1ccc(N2CCC3CCC(C2)N3C)c(CCl)c1. The summed E-state index contributed by atoms with van der Waals surface area (Å²) in [6, 6.07) is 8.20. The average molecular weight is 279 g/mol. The summed E-state index contributed by atoms with van der Waals surface area (Å²) in [5.41, 5.74) is 3.93. The molecule has 2 heterocycles. The van der Waals surface area contributed by atoms with Gasteiger partial charge in [-0.1, -0.05) is 17.7 Å². The molecule has 2 atom stereocenters. The zero-order valence-electron chi connectivity index (χ0n) is 11.9. The number of nitrogens with zero attached hydrogens (tertiary/aromatic N) is 2. The number of benzene rings is 1. The van der Waals surface area contributed by atoms with Gasteiger partial charge in [-0.25, -0.2) is 0 Å². The third kappa shape index (κ3) is 2.48. The number of alkyl halides is 1. The van der Waals surface area contributed by atoms with Crippen molar-refractivity contribution < 1.29 is 0 Å². The number of anilines is 1. The quantitative estimate of drug-likeness (QED) is 0.765. The van der Waals surface area contributed by atoms with Crippen molar-refractivity contribution in [3.8, 4) is 0 Å². The first-order chi connectivity index (χ1) is 9.19. The molecule has 104 valence electrons. The van der Waals surface area contributed by atoms with Crippen LogP contribution in [0.15, 0.2) is 18.2 Å². The van der Waals surface area contributed by atoms with Crippen LogP contribution in [0.2, 0.25) is 0 Å². The largest absolute Gasteiger partial charge is 0.370 e. The fourth-order valence-electron chi connectivity index (χ4n) is 3.66. The van der Waals surface area contributed by atoms with Crippen LogP contribution in [0.4, 0.5) is 5.69 Å². The molecule has 19 heavy (non-hydrogen) atoms. The summed E-state index contributed by atoms with van der Waals surface area (Å²) in [7, 11) is 2.30. The van der Waals surface area contributed by atoms with Gasteiger partial charge >= 0.3 is 0 Å². The Bertz CT molecular complexity index is 460. The minimum Gasteiger partial charge on any atom is -0.370 e. The van der Waals surface area contributed by atoms with E-state index in [1.807, 2.05) is 0 Å². The summed E-state index contributed by atoms with van der Waals surface area (Å²) >= 11 is 6.13. The Kier molecular flexibility index (Phi) is 3.72. The summed E-state index contributed by atoms with van der Waals surface area (Å²) in [5.74, 6) is 0.609. The van der Waals surface area contributed by atoms with Crippen molar-refractivity contribution >= 4 is 17.3 Å². The molecule has 0 radical (unpaired) electrons. The highest BCUT2D eigenvalue weighted by Gasteiger charge is 2.34. The van der Waals surface area contributed by atoms with Crippen LogP contribution in [0.5, 0.6) is 0 Å². The minimum atomic E-state index is 0.609. The van der Waals surface area contributed by atoms with Gasteiger partial charge in [0, 0.05) is 36.7 Å². The molecule has 0 N–H and O–H groups in total. The number of hydrogen-bond acceptors (Lipinski definition) is 2. The average Bonchev–Trinajstić information content (AvgIpc) is 2.64. The molecule has 3 heteroatoms. The lowest BCUT2D eigenvalue weighted by molar-refractivity contribution is 0.254. The third-order valence-electron chi connectivity index (χ3n) is 4.87. The second kappa shape index (κ2) is 5.34. The van der Waals surface area contributed by atoms with E-state index in [1.54, 1.807) is 0 Å². The van der Waals surface area contributed by atoms with Gasteiger partial charge in [-0.15, -0.1) is 11.6 Å². The Morgan fingerprint density at radius 2 is 2.00 bits per heavy atom. The van der Waals surface area contributed by atoms with Crippen LogP contribution in [0.3, 0.4) is 0 Å².